The van der Waals surface area contributed by atoms with E-state index in [1.54, 1.807) is 24.3 Å². The van der Waals surface area contributed by atoms with Crippen LogP contribution in [0, 0.1) is 0 Å². The van der Waals surface area contributed by atoms with E-state index in [1.165, 1.54) is 12.1 Å². The molecule has 146 valence electrons. The summed E-state index contributed by atoms with van der Waals surface area (Å²) in [5.41, 5.74) is 0.810. The number of hydrogen-bond acceptors (Lipinski definition) is 4. The minimum absolute atomic E-state index is 0.0161. The lowest BCUT2D eigenvalue weighted by molar-refractivity contribution is -0.274. The van der Waals surface area contributed by atoms with E-state index in [0.717, 1.165) is 17.0 Å². The van der Waals surface area contributed by atoms with Gasteiger partial charge in [-0.1, -0.05) is 18.2 Å². The van der Waals surface area contributed by atoms with Crippen molar-refractivity contribution in [2.75, 3.05) is 11.9 Å². The maximum atomic E-state index is 12.2. The van der Waals surface area contributed by atoms with Crippen molar-refractivity contribution in [1.82, 2.24) is 4.90 Å². The summed E-state index contributed by atoms with van der Waals surface area (Å²) in [5, 5.41) is 2.46. The lowest BCUT2D eigenvalue weighted by atomic mass is 10.1. The zero-order chi connectivity index (χ0) is 20.3. The van der Waals surface area contributed by atoms with Gasteiger partial charge in [0.1, 0.15) is 5.75 Å². The first-order chi connectivity index (χ1) is 13.2. The number of rotatable bonds is 6. The van der Waals surface area contributed by atoms with Crippen LogP contribution in [0.25, 0.3) is 0 Å². The van der Waals surface area contributed by atoms with Gasteiger partial charge < -0.3 is 10.1 Å². The molecule has 1 heterocycles. The van der Waals surface area contributed by atoms with Crippen molar-refractivity contribution in [3.63, 3.8) is 0 Å². The Hall–Kier alpha value is -3.36. The second-order valence-corrected chi connectivity index (χ2v) is 6.03. The van der Waals surface area contributed by atoms with E-state index in [4.69, 9.17) is 0 Å². The van der Waals surface area contributed by atoms with Crippen molar-refractivity contribution in [2.45, 2.75) is 19.2 Å². The van der Waals surface area contributed by atoms with Crippen LogP contribution in [0.15, 0.2) is 48.5 Å². The molecule has 0 fully saturated rings. The predicted octanol–water partition coefficient (Wildman–Crippen LogP) is 3.60. The van der Waals surface area contributed by atoms with Crippen LogP contribution < -0.4 is 10.1 Å². The number of imide groups is 1. The Balaban J connectivity index is 1.51. The van der Waals surface area contributed by atoms with Gasteiger partial charge in [0, 0.05) is 24.7 Å². The lowest BCUT2D eigenvalue weighted by Crippen LogP contribution is -2.31. The fraction of sp³-hybridized carbons (Fsp3) is 0.211. The first-order valence-electron chi connectivity index (χ1n) is 8.35. The Morgan fingerprint density at radius 2 is 1.64 bits per heavy atom. The topological polar surface area (TPSA) is 75.7 Å². The van der Waals surface area contributed by atoms with Crippen molar-refractivity contribution in [3.8, 4) is 5.75 Å². The molecule has 0 unspecified atom stereocenters. The Morgan fingerprint density at radius 1 is 1.00 bits per heavy atom. The summed E-state index contributed by atoms with van der Waals surface area (Å²) in [4.78, 5) is 37.5. The number of nitrogens with zero attached hydrogens (tertiary/aromatic N) is 1. The van der Waals surface area contributed by atoms with Crippen molar-refractivity contribution in [1.29, 1.82) is 0 Å². The first kappa shape index (κ1) is 19.4. The molecule has 0 radical (unpaired) electrons. The maximum absolute atomic E-state index is 12.2. The SMILES string of the molecule is O=C(CCCN1C(=O)c2ccccc2C1=O)Nc1cccc(OC(F)(F)F)c1. The second kappa shape index (κ2) is 7.71. The van der Waals surface area contributed by atoms with E-state index in [9.17, 15) is 27.6 Å². The van der Waals surface area contributed by atoms with Crippen LogP contribution in [0.1, 0.15) is 33.6 Å². The highest BCUT2D eigenvalue weighted by molar-refractivity contribution is 6.21. The molecule has 0 spiro atoms. The van der Waals surface area contributed by atoms with E-state index in [0.29, 0.717) is 11.1 Å². The minimum atomic E-state index is -4.82. The Bertz CT molecular complexity index is 892. The van der Waals surface area contributed by atoms with Crippen molar-refractivity contribution >= 4 is 23.4 Å². The van der Waals surface area contributed by atoms with Crippen LogP contribution >= 0.6 is 0 Å². The highest BCUT2D eigenvalue weighted by Crippen LogP contribution is 2.25. The number of nitrogens with one attached hydrogen (secondary N) is 1. The number of anilines is 1. The van der Waals surface area contributed by atoms with E-state index in [2.05, 4.69) is 10.1 Å². The van der Waals surface area contributed by atoms with E-state index < -0.39 is 29.8 Å². The van der Waals surface area contributed by atoms with Crippen LogP contribution in [-0.4, -0.2) is 35.5 Å². The van der Waals surface area contributed by atoms with Crippen LogP contribution in [0.3, 0.4) is 0 Å². The molecule has 0 aliphatic carbocycles. The summed E-state index contributed by atoms with van der Waals surface area (Å²) >= 11 is 0. The van der Waals surface area contributed by atoms with Crippen molar-refractivity contribution in [3.05, 3.63) is 59.7 Å². The number of fused-ring (bicyclic) bond motifs is 1. The fourth-order valence-electron chi connectivity index (χ4n) is 2.83. The predicted molar refractivity (Wildman–Crippen MR) is 92.8 cm³/mol. The molecular weight excluding hydrogens is 377 g/mol. The fourth-order valence-corrected chi connectivity index (χ4v) is 2.83. The molecule has 6 nitrogen and oxygen atoms in total. The summed E-state index contributed by atoms with van der Waals surface area (Å²) in [6.07, 6.45) is -4.62. The van der Waals surface area contributed by atoms with Crippen LogP contribution in [0.4, 0.5) is 18.9 Å². The van der Waals surface area contributed by atoms with Gasteiger partial charge in [0.05, 0.1) is 11.1 Å². The molecule has 0 aromatic heterocycles. The summed E-state index contributed by atoms with van der Waals surface area (Å²) in [7, 11) is 0. The molecule has 0 atom stereocenters. The molecule has 2 aromatic carbocycles. The third-order valence-electron chi connectivity index (χ3n) is 4.02. The van der Waals surface area contributed by atoms with Crippen molar-refractivity contribution in [2.24, 2.45) is 0 Å². The Labute approximate surface area is 157 Å². The molecule has 1 aliphatic rings. The lowest BCUT2D eigenvalue weighted by Gasteiger charge is -2.14. The summed E-state index contributed by atoms with van der Waals surface area (Å²) < 4.78 is 40.5. The molecule has 3 amide bonds. The standard InChI is InChI=1S/C19H15F3N2O4/c20-19(21,22)28-13-6-3-5-12(11-13)23-16(25)9-4-10-24-17(26)14-7-1-2-8-15(14)18(24)27/h1-3,5-8,11H,4,9-10H2,(H,23,25). The number of carbonyl (C=O) groups excluding carboxylic acids is 3. The molecule has 28 heavy (non-hydrogen) atoms. The monoisotopic (exact) mass is 392 g/mol. The third-order valence-corrected chi connectivity index (χ3v) is 4.02. The second-order valence-electron chi connectivity index (χ2n) is 6.03. The average Bonchev–Trinajstić information content (AvgIpc) is 2.86. The van der Waals surface area contributed by atoms with Gasteiger partial charge in [-0.25, -0.2) is 0 Å². The van der Waals surface area contributed by atoms with Gasteiger partial charge in [-0.3, -0.25) is 19.3 Å². The van der Waals surface area contributed by atoms with E-state index in [-0.39, 0.29) is 25.1 Å². The van der Waals surface area contributed by atoms with Gasteiger partial charge >= 0.3 is 6.36 Å². The molecule has 2 aromatic rings. The number of ether oxygens (including phenoxy) is 1. The van der Waals surface area contributed by atoms with E-state index in [1.807, 2.05) is 0 Å². The minimum Gasteiger partial charge on any atom is -0.406 e. The smallest absolute Gasteiger partial charge is 0.406 e. The van der Waals surface area contributed by atoms with Gasteiger partial charge in [-0.15, -0.1) is 13.2 Å². The van der Waals surface area contributed by atoms with E-state index >= 15 is 0 Å². The average molecular weight is 392 g/mol. The number of hydrogen-bond donors (Lipinski definition) is 1. The number of halogens is 3. The zero-order valence-electron chi connectivity index (χ0n) is 14.5. The van der Waals surface area contributed by atoms with Crippen LogP contribution in [0.2, 0.25) is 0 Å². The highest BCUT2D eigenvalue weighted by Gasteiger charge is 2.34. The molecule has 3 rings (SSSR count). The number of amides is 3. The quantitative estimate of drug-likeness (QED) is 0.763. The van der Waals surface area contributed by atoms with Crippen molar-refractivity contribution < 1.29 is 32.3 Å². The summed E-state index contributed by atoms with van der Waals surface area (Å²) in [6, 6.07) is 11.4. The van der Waals surface area contributed by atoms with Gasteiger partial charge in [-0.2, -0.15) is 0 Å². The van der Waals surface area contributed by atoms with Crippen LogP contribution in [-0.2, 0) is 4.79 Å². The number of benzene rings is 2. The number of carbonyl (C=O) groups is 3. The molecular formula is C19H15F3N2O4. The molecule has 1 N–H and O–H groups in total. The molecule has 0 saturated carbocycles. The van der Waals surface area contributed by atoms with Gasteiger partial charge in [0.25, 0.3) is 11.8 Å². The molecule has 0 bridgehead atoms. The first-order valence-corrected chi connectivity index (χ1v) is 8.35. The van der Waals surface area contributed by atoms with Gasteiger partial charge in [-0.05, 0) is 30.7 Å². The van der Waals surface area contributed by atoms with Crippen LogP contribution in [0.5, 0.6) is 5.75 Å². The third kappa shape index (κ3) is 4.48. The summed E-state index contributed by atoms with van der Waals surface area (Å²) in [5.74, 6) is -1.71. The molecule has 9 heteroatoms. The largest absolute Gasteiger partial charge is 0.573 e. The number of alkyl halides is 3. The highest BCUT2D eigenvalue weighted by atomic mass is 19.4. The maximum Gasteiger partial charge on any atom is 0.573 e. The normalized spacial score (nSPS) is 13.5. The Kier molecular flexibility index (Phi) is 5.34. The summed E-state index contributed by atoms with van der Waals surface area (Å²) in [6.45, 7) is 0.0665. The molecule has 1 aliphatic heterocycles. The molecule has 0 saturated heterocycles. The zero-order valence-corrected chi connectivity index (χ0v) is 14.5. The van der Waals surface area contributed by atoms with Gasteiger partial charge in [0.2, 0.25) is 5.91 Å². The van der Waals surface area contributed by atoms with Gasteiger partial charge in [0.15, 0.2) is 0 Å². The Morgan fingerprint density at radius 3 is 2.25 bits per heavy atom.